The van der Waals surface area contributed by atoms with Crippen LogP contribution in [-0.2, 0) is 12.8 Å². The highest BCUT2D eigenvalue weighted by Gasteiger charge is 2.05. The van der Waals surface area contributed by atoms with E-state index in [0.717, 1.165) is 24.2 Å². The predicted molar refractivity (Wildman–Crippen MR) is 93.8 cm³/mol. The van der Waals surface area contributed by atoms with Crippen molar-refractivity contribution in [1.29, 1.82) is 0 Å². The largest absolute Gasteiger partial charge is 0.399 e. The molecule has 2 heteroatoms. The molecule has 0 aliphatic heterocycles. The van der Waals surface area contributed by atoms with Gasteiger partial charge in [0.2, 0.25) is 0 Å². The van der Waals surface area contributed by atoms with Crippen molar-refractivity contribution in [1.82, 2.24) is 0 Å². The van der Waals surface area contributed by atoms with E-state index in [1.165, 1.54) is 22.3 Å². The summed E-state index contributed by atoms with van der Waals surface area (Å²) in [6.07, 6.45) is 1.81. The fourth-order valence-corrected chi connectivity index (χ4v) is 2.68. The minimum Gasteiger partial charge on any atom is -0.399 e. The van der Waals surface area contributed by atoms with Crippen LogP contribution in [-0.4, -0.2) is 0 Å². The van der Waals surface area contributed by atoms with E-state index in [9.17, 15) is 0 Å². The molecule has 0 radical (unpaired) electrons. The van der Waals surface area contributed by atoms with Crippen LogP contribution in [0.1, 0.15) is 22.3 Å². The molecule has 0 amide bonds. The molecule has 0 aliphatic rings. The highest BCUT2D eigenvalue weighted by molar-refractivity contribution is 5.45. The van der Waals surface area contributed by atoms with E-state index in [1.54, 1.807) is 0 Å². The van der Waals surface area contributed by atoms with E-state index in [1.807, 2.05) is 30.3 Å². The van der Waals surface area contributed by atoms with E-state index in [0.29, 0.717) is 0 Å². The second kappa shape index (κ2) is 6.35. The normalized spacial score (nSPS) is 10.5. The van der Waals surface area contributed by atoms with Gasteiger partial charge in [-0.2, -0.15) is 0 Å². The first-order valence-corrected chi connectivity index (χ1v) is 7.46. The molecule has 0 aliphatic carbocycles. The molecule has 0 fully saturated rings. The third-order valence-corrected chi connectivity index (χ3v) is 3.84. The maximum absolute atomic E-state index is 5.88. The maximum Gasteiger partial charge on any atom is 0.0316 e. The van der Waals surface area contributed by atoms with Crippen LogP contribution in [0, 0.1) is 0 Å². The summed E-state index contributed by atoms with van der Waals surface area (Å²) in [5, 5.41) is 0. The van der Waals surface area contributed by atoms with Crippen LogP contribution >= 0.6 is 0 Å². The Kier molecular flexibility index (Phi) is 4.10. The topological polar surface area (TPSA) is 52.0 Å². The first-order valence-electron chi connectivity index (χ1n) is 7.46. The average molecular weight is 288 g/mol. The standard InChI is InChI=1S/C20H20N2/c21-19-10-8-15(9-11-19)12-17-5-1-2-6-18(17)13-16-4-3-7-20(22)14-16/h1-11,14H,12-13,21-22H2. The molecule has 0 heterocycles. The van der Waals surface area contributed by atoms with Gasteiger partial charge in [0.25, 0.3) is 0 Å². The zero-order valence-corrected chi connectivity index (χ0v) is 12.5. The zero-order valence-electron chi connectivity index (χ0n) is 12.5. The van der Waals surface area contributed by atoms with Crippen LogP contribution in [0.2, 0.25) is 0 Å². The molecule has 22 heavy (non-hydrogen) atoms. The number of hydrogen-bond acceptors (Lipinski definition) is 2. The van der Waals surface area contributed by atoms with Gasteiger partial charge in [-0.05, 0) is 59.4 Å². The molecule has 3 rings (SSSR count). The van der Waals surface area contributed by atoms with Crippen LogP contribution in [0.25, 0.3) is 0 Å². The van der Waals surface area contributed by atoms with Crippen molar-refractivity contribution >= 4 is 11.4 Å². The van der Waals surface area contributed by atoms with Gasteiger partial charge in [0.1, 0.15) is 0 Å². The maximum atomic E-state index is 5.88. The molecule has 0 saturated carbocycles. The molecular weight excluding hydrogens is 268 g/mol. The third-order valence-electron chi connectivity index (χ3n) is 3.84. The van der Waals surface area contributed by atoms with E-state index < -0.39 is 0 Å². The molecule has 0 unspecified atom stereocenters. The van der Waals surface area contributed by atoms with Gasteiger partial charge in [-0.25, -0.2) is 0 Å². The summed E-state index contributed by atoms with van der Waals surface area (Å²) in [4.78, 5) is 0. The number of nitrogen functional groups attached to an aromatic ring is 2. The number of anilines is 2. The van der Waals surface area contributed by atoms with Crippen molar-refractivity contribution in [2.75, 3.05) is 11.5 Å². The van der Waals surface area contributed by atoms with Gasteiger partial charge in [0.15, 0.2) is 0 Å². The molecule has 3 aromatic rings. The van der Waals surface area contributed by atoms with Crippen molar-refractivity contribution < 1.29 is 0 Å². The van der Waals surface area contributed by atoms with Crippen LogP contribution < -0.4 is 11.5 Å². The number of hydrogen-bond donors (Lipinski definition) is 2. The molecule has 3 aromatic carbocycles. The minimum absolute atomic E-state index is 0.803. The quantitative estimate of drug-likeness (QED) is 0.712. The van der Waals surface area contributed by atoms with E-state index in [2.05, 4.69) is 42.5 Å². The Balaban J connectivity index is 1.85. The first-order chi connectivity index (χ1) is 10.7. The summed E-state index contributed by atoms with van der Waals surface area (Å²) >= 11 is 0. The molecule has 0 spiro atoms. The van der Waals surface area contributed by atoms with Crippen LogP contribution in [0.5, 0.6) is 0 Å². The van der Waals surface area contributed by atoms with Crippen LogP contribution in [0.3, 0.4) is 0 Å². The lowest BCUT2D eigenvalue weighted by Gasteiger charge is -2.10. The molecular formula is C20H20N2. The fourth-order valence-electron chi connectivity index (χ4n) is 2.68. The van der Waals surface area contributed by atoms with Gasteiger partial charge in [-0.3, -0.25) is 0 Å². The van der Waals surface area contributed by atoms with Gasteiger partial charge in [0, 0.05) is 11.4 Å². The molecule has 0 aromatic heterocycles. The van der Waals surface area contributed by atoms with Crippen LogP contribution in [0.15, 0.2) is 72.8 Å². The molecule has 4 N–H and O–H groups in total. The third kappa shape index (κ3) is 3.47. The molecule has 0 saturated heterocycles. The van der Waals surface area contributed by atoms with Gasteiger partial charge in [0.05, 0.1) is 0 Å². The van der Waals surface area contributed by atoms with Crippen molar-refractivity contribution in [3.05, 3.63) is 95.1 Å². The smallest absolute Gasteiger partial charge is 0.0316 e. The van der Waals surface area contributed by atoms with Gasteiger partial charge in [-0.15, -0.1) is 0 Å². The van der Waals surface area contributed by atoms with Crippen molar-refractivity contribution in [2.45, 2.75) is 12.8 Å². The summed E-state index contributed by atoms with van der Waals surface area (Å²) in [5.74, 6) is 0. The second-order valence-electron chi connectivity index (χ2n) is 5.61. The summed E-state index contributed by atoms with van der Waals surface area (Å²) in [5.41, 5.74) is 18.4. The number of nitrogens with two attached hydrogens (primary N) is 2. The summed E-state index contributed by atoms with van der Waals surface area (Å²) in [6, 6.07) is 24.7. The van der Waals surface area contributed by atoms with Crippen molar-refractivity contribution in [3.8, 4) is 0 Å². The van der Waals surface area contributed by atoms with Gasteiger partial charge in [-0.1, -0.05) is 48.5 Å². The Morgan fingerprint density at radius 1 is 0.545 bits per heavy atom. The lowest BCUT2D eigenvalue weighted by atomic mass is 9.95. The Bertz CT molecular complexity index is 761. The molecule has 0 bridgehead atoms. The first kappa shape index (κ1) is 14.2. The Hall–Kier alpha value is -2.74. The lowest BCUT2D eigenvalue weighted by Crippen LogP contribution is -1.98. The van der Waals surface area contributed by atoms with Crippen molar-refractivity contribution in [3.63, 3.8) is 0 Å². The van der Waals surface area contributed by atoms with Crippen LogP contribution in [0.4, 0.5) is 11.4 Å². The van der Waals surface area contributed by atoms with E-state index >= 15 is 0 Å². The monoisotopic (exact) mass is 288 g/mol. The van der Waals surface area contributed by atoms with Crippen molar-refractivity contribution in [2.24, 2.45) is 0 Å². The summed E-state index contributed by atoms with van der Waals surface area (Å²) < 4.78 is 0. The molecule has 2 nitrogen and oxygen atoms in total. The lowest BCUT2D eigenvalue weighted by molar-refractivity contribution is 1.09. The Morgan fingerprint density at radius 3 is 1.82 bits per heavy atom. The predicted octanol–water partition coefficient (Wildman–Crippen LogP) is 4.03. The highest BCUT2D eigenvalue weighted by Crippen LogP contribution is 2.19. The summed E-state index contributed by atoms with van der Waals surface area (Å²) in [6.45, 7) is 0. The molecule has 110 valence electrons. The summed E-state index contributed by atoms with van der Waals surface area (Å²) in [7, 11) is 0. The zero-order chi connectivity index (χ0) is 15.4. The minimum atomic E-state index is 0.803. The average Bonchev–Trinajstić information content (AvgIpc) is 2.51. The number of rotatable bonds is 4. The highest BCUT2D eigenvalue weighted by atomic mass is 14.5. The Morgan fingerprint density at radius 2 is 1.18 bits per heavy atom. The Labute approximate surface area is 131 Å². The number of benzene rings is 3. The van der Waals surface area contributed by atoms with E-state index in [4.69, 9.17) is 11.5 Å². The second-order valence-corrected chi connectivity index (χ2v) is 5.61. The fraction of sp³-hybridized carbons (Fsp3) is 0.100. The SMILES string of the molecule is Nc1ccc(Cc2ccccc2Cc2cccc(N)c2)cc1. The van der Waals surface area contributed by atoms with Gasteiger partial charge >= 0.3 is 0 Å². The molecule has 0 atom stereocenters. The van der Waals surface area contributed by atoms with Gasteiger partial charge < -0.3 is 11.5 Å². The van der Waals surface area contributed by atoms with E-state index in [-0.39, 0.29) is 0 Å².